The van der Waals surface area contributed by atoms with Gasteiger partial charge in [0.15, 0.2) is 5.78 Å². The average molecular weight is 261 g/mol. The van der Waals surface area contributed by atoms with Crippen LogP contribution in [-0.4, -0.2) is 23.6 Å². The van der Waals surface area contributed by atoms with E-state index >= 15 is 0 Å². The summed E-state index contributed by atoms with van der Waals surface area (Å²) in [7, 11) is 5.85. The number of fused-ring (bicyclic) bond motifs is 1. The van der Waals surface area contributed by atoms with Gasteiger partial charge in [0, 0.05) is 5.56 Å². The van der Waals surface area contributed by atoms with Crippen molar-refractivity contribution in [2.45, 2.75) is 12.8 Å². The number of aryl methyl sites for hydroxylation is 1. The van der Waals surface area contributed by atoms with E-state index in [0.717, 1.165) is 16.8 Å². The molecule has 20 heavy (non-hydrogen) atoms. The Morgan fingerprint density at radius 3 is 2.60 bits per heavy atom. The van der Waals surface area contributed by atoms with E-state index in [-0.39, 0.29) is 17.2 Å². The SMILES string of the molecule is [B]C1=Cc2c(C)nc(N)nc2C(c2ccccc2)C1=O. The highest BCUT2D eigenvalue weighted by molar-refractivity contribution is 6.41. The van der Waals surface area contributed by atoms with E-state index < -0.39 is 5.92 Å². The van der Waals surface area contributed by atoms with Gasteiger partial charge in [-0.2, -0.15) is 0 Å². The van der Waals surface area contributed by atoms with Crippen molar-refractivity contribution >= 4 is 25.7 Å². The number of carbonyl (C=O) groups is 1. The lowest BCUT2D eigenvalue weighted by molar-refractivity contribution is -0.115. The van der Waals surface area contributed by atoms with E-state index in [1.807, 2.05) is 37.3 Å². The molecule has 3 rings (SSSR count). The van der Waals surface area contributed by atoms with Crippen LogP contribution in [-0.2, 0) is 4.79 Å². The van der Waals surface area contributed by atoms with Gasteiger partial charge in [0.2, 0.25) is 5.95 Å². The minimum absolute atomic E-state index is 0.152. The van der Waals surface area contributed by atoms with Gasteiger partial charge in [-0.15, -0.1) is 0 Å². The van der Waals surface area contributed by atoms with Crippen molar-refractivity contribution in [3.05, 3.63) is 58.3 Å². The Labute approximate surface area is 118 Å². The zero-order chi connectivity index (χ0) is 14.3. The highest BCUT2D eigenvalue weighted by Crippen LogP contribution is 2.35. The molecule has 0 saturated carbocycles. The number of nitrogen functional groups attached to an aromatic ring is 1. The van der Waals surface area contributed by atoms with Gasteiger partial charge in [-0.25, -0.2) is 9.97 Å². The summed E-state index contributed by atoms with van der Waals surface area (Å²) in [6, 6.07) is 9.44. The summed E-state index contributed by atoms with van der Waals surface area (Å²) in [5.41, 5.74) is 8.93. The van der Waals surface area contributed by atoms with Gasteiger partial charge in [0.25, 0.3) is 0 Å². The van der Waals surface area contributed by atoms with Crippen LogP contribution in [0.25, 0.3) is 6.08 Å². The Bertz CT molecular complexity index is 725. The fraction of sp³-hybridized carbons (Fsp3) is 0.133. The number of aromatic nitrogens is 2. The molecule has 1 unspecified atom stereocenters. The molecule has 0 saturated heterocycles. The molecule has 2 radical (unpaired) electrons. The lowest BCUT2D eigenvalue weighted by Gasteiger charge is -2.24. The first-order chi connectivity index (χ1) is 9.58. The predicted molar refractivity (Wildman–Crippen MR) is 78.2 cm³/mol. The van der Waals surface area contributed by atoms with Crippen molar-refractivity contribution in [3.63, 3.8) is 0 Å². The zero-order valence-corrected chi connectivity index (χ0v) is 11.0. The molecule has 4 nitrogen and oxygen atoms in total. The van der Waals surface area contributed by atoms with Crippen LogP contribution >= 0.6 is 0 Å². The first-order valence-electron chi connectivity index (χ1n) is 6.28. The average Bonchev–Trinajstić information content (AvgIpc) is 2.42. The van der Waals surface area contributed by atoms with E-state index in [1.54, 1.807) is 6.08 Å². The molecular weight excluding hydrogens is 249 g/mol. The number of hydrogen-bond donors (Lipinski definition) is 1. The Hall–Kier alpha value is -2.43. The van der Waals surface area contributed by atoms with Gasteiger partial charge in [-0.3, -0.25) is 4.79 Å². The second-order valence-corrected chi connectivity index (χ2v) is 4.77. The number of rotatable bonds is 1. The molecule has 0 aliphatic heterocycles. The van der Waals surface area contributed by atoms with Crippen LogP contribution in [0.15, 0.2) is 35.8 Å². The van der Waals surface area contributed by atoms with Gasteiger partial charge >= 0.3 is 0 Å². The summed E-state index contributed by atoms with van der Waals surface area (Å²) in [5.74, 6) is -0.495. The molecule has 1 aromatic carbocycles. The first kappa shape index (κ1) is 12.6. The molecule has 1 aliphatic rings. The van der Waals surface area contributed by atoms with Gasteiger partial charge in [0.1, 0.15) is 7.85 Å². The number of nitrogens with two attached hydrogens (primary N) is 1. The summed E-state index contributed by atoms with van der Waals surface area (Å²) >= 11 is 0. The second-order valence-electron chi connectivity index (χ2n) is 4.77. The van der Waals surface area contributed by atoms with Crippen molar-refractivity contribution in [1.29, 1.82) is 0 Å². The minimum Gasteiger partial charge on any atom is -0.368 e. The molecule has 0 amide bonds. The summed E-state index contributed by atoms with van der Waals surface area (Å²) in [6.45, 7) is 1.83. The third kappa shape index (κ3) is 1.91. The van der Waals surface area contributed by atoms with Gasteiger partial charge in [0.05, 0.1) is 17.3 Å². The maximum Gasteiger partial charge on any atom is 0.220 e. The van der Waals surface area contributed by atoms with E-state index in [4.69, 9.17) is 13.6 Å². The lowest BCUT2D eigenvalue weighted by atomic mass is 9.74. The number of ketones is 1. The Kier molecular flexibility index (Phi) is 2.90. The van der Waals surface area contributed by atoms with Crippen molar-refractivity contribution in [2.75, 3.05) is 5.73 Å². The summed E-state index contributed by atoms with van der Waals surface area (Å²) in [6.07, 6.45) is 1.63. The van der Waals surface area contributed by atoms with Crippen LogP contribution in [0.2, 0.25) is 0 Å². The van der Waals surface area contributed by atoms with E-state index in [9.17, 15) is 4.79 Å². The number of allylic oxidation sites excluding steroid dienone is 1. The molecule has 2 aromatic rings. The molecular formula is C15H12BN3O. The fourth-order valence-corrected chi connectivity index (χ4v) is 2.50. The van der Waals surface area contributed by atoms with Crippen molar-refractivity contribution in [3.8, 4) is 0 Å². The van der Waals surface area contributed by atoms with Crippen LogP contribution in [0.1, 0.15) is 28.4 Å². The Morgan fingerprint density at radius 2 is 1.90 bits per heavy atom. The molecule has 0 fully saturated rings. The number of carbonyl (C=O) groups excluding carboxylic acids is 1. The molecule has 0 spiro atoms. The van der Waals surface area contributed by atoms with Crippen molar-refractivity contribution < 1.29 is 4.79 Å². The molecule has 1 aliphatic carbocycles. The standard InChI is InChI=1S/C15H12BN3O/c1-8-10-7-11(16)14(20)12(9-5-3-2-4-6-9)13(10)19-15(17)18-8/h2-7,12H,1H3,(H2,17,18,19). The molecule has 1 aromatic heterocycles. The third-order valence-corrected chi connectivity index (χ3v) is 3.44. The van der Waals surface area contributed by atoms with Crippen molar-refractivity contribution in [2.24, 2.45) is 0 Å². The highest BCUT2D eigenvalue weighted by atomic mass is 16.1. The lowest BCUT2D eigenvalue weighted by Crippen LogP contribution is -2.24. The minimum atomic E-state index is -0.514. The molecule has 2 N–H and O–H groups in total. The topological polar surface area (TPSA) is 68.9 Å². The molecule has 1 atom stereocenters. The van der Waals surface area contributed by atoms with E-state index in [0.29, 0.717) is 5.69 Å². The second kappa shape index (κ2) is 4.60. The predicted octanol–water partition coefficient (Wildman–Crippen LogP) is 1.59. The molecule has 0 bridgehead atoms. The number of benzene rings is 1. The number of Topliss-reactive ketones (excluding diaryl/α,β-unsaturated/α-hetero) is 1. The summed E-state index contributed by atoms with van der Waals surface area (Å²) < 4.78 is 0. The van der Waals surface area contributed by atoms with Gasteiger partial charge in [-0.05, 0) is 12.5 Å². The Balaban J connectivity index is 2.27. The zero-order valence-electron chi connectivity index (χ0n) is 11.0. The van der Waals surface area contributed by atoms with E-state index in [2.05, 4.69) is 9.97 Å². The molecule has 1 heterocycles. The van der Waals surface area contributed by atoms with Gasteiger partial charge < -0.3 is 5.73 Å². The van der Waals surface area contributed by atoms with Crippen LogP contribution in [0.5, 0.6) is 0 Å². The maximum absolute atomic E-state index is 12.4. The number of anilines is 1. The number of hydrogen-bond acceptors (Lipinski definition) is 4. The van der Waals surface area contributed by atoms with Crippen LogP contribution in [0.3, 0.4) is 0 Å². The van der Waals surface area contributed by atoms with E-state index in [1.165, 1.54) is 0 Å². The molecule has 96 valence electrons. The fourth-order valence-electron chi connectivity index (χ4n) is 2.50. The number of nitrogens with zero attached hydrogens (tertiary/aromatic N) is 2. The third-order valence-electron chi connectivity index (χ3n) is 3.44. The van der Waals surface area contributed by atoms with Crippen molar-refractivity contribution in [1.82, 2.24) is 9.97 Å². The van der Waals surface area contributed by atoms with Crippen LogP contribution < -0.4 is 5.73 Å². The molecule has 5 heteroatoms. The summed E-state index contributed by atoms with van der Waals surface area (Å²) in [4.78, 5) is 20.8. The first-order valence-corrected chi connectivity index (χ1v) is 6.28. The summed E-state index contributed by atoms with van der Waals surface area (Å²) in [5, 5.41) is 0. The smallest absolute Gasteiger partial charge is 0.220 e. The highest BCUT2D eigenvalue weighted by Gasteiger charge is 2.31. The quantitative estimate of drug-likeness (QED) is 0.791. The normalized spacial score (nSPS) is 17.6. The van der Waals surface area contributed by atoms with Crippen LogP contribution in [0, 0.1) is 6.92 Å². The van der Waals surface area contributed by atoms with Crippen LogP contribution in [0.4, 0.5) is 5.95 Å². The largest absolute Gasteiger partial charge is 0.368 e. The maximum atomic E-state index is 12.4. The van der Waals surface area contributed by atoms with Gasteiger partial charge in [-0.1, -0.05) is 41.9 Å². The Morgan fingerprint density at radius 1 is 1.20 bits per heavy atom. The monoisotopic (exact) mass is 261 g/mol.